The van der Waals surface area contributed by atoms with Crippen molar-refractivity contribution < 1.29 is 4.74 Å². The number of methoxy groups -OCH3 is 1. The van der Waals surface area contributed by atoms with E-state index in [0.29, 0.717) is 0 Å². The second-order valence-electron chi connectivity index (χ2n) is 15.4. The normalized spacial score (nSPS) is 11.1. The number of para-hydroxylation sites is 1. The van der Waals surface area contributed by atoms with Gasteiger partial charge in [0.2, 0.25) is 0 Å². The monoisotopic (exact) mass is 828 g/mol. The molecule has 0 bridgehead atoms. The van der Waals surface area contributed by atoms with Crippen LogP contribution >= 0.6 is 11.3 Å². The smallest absolute Gasteiger partial charge is 0.119 e. The van der Waals surface area contributed by atoms with Gasteiger partial charge >= 0.3 is 0 Å². The Bertz CT molecular complexity index is 3370. The van der Waals surface area contributed by atoms with E-state index in [2.05, 4.69) is 223 Å². The Labute approximate surface area is 372 Å². The molecule has 0 N–H and O–H groups in total. The molecule has 0 aliphatic heterocycles. The van der Waals surface area contributed by atoms with Crippen molar-refractivity contribution in [2.75, 3.05) is 12.0 Å². The summed E-state index contributed by atoms with van der Waals surface area (Å²) in [5.41, 5.74) is 13.9. The van der Waals surface area contributed by atoms with E-state index in [0.717, 1.165) is 28.5 Å². The summed E-state index contributed by atoms with van der Waals surface area (Å²) >= 11 is 1.86. The third kappa shape index (κ3) is 7.58. The molecule has 0 spiro atoms. The summed E-state index contributed by atoms with van der Waals surface area (Å²) in [4.78, 5) is 2.35. The number of aromatic nitrogens is 1. The molecule has 2 aromatic heterocycles. The maximum Gasteiger partial charge on any atom is 0.119 e. The fraction of sp³-hybridized carbons (Fsp3) is 0.0169. The Balaban J connectivity index is 0.00000113. The minimum Gasteiger partial charge on any atom is -0.497 e. The number of benzene rings is 9. The Hall–Kier alpha value is -7.92. The molecular formula is C59H44N2OS. The van der Waals surface area contributed by atoms with Crippen LogP contribution in [0.25, 0.3) is 81.0 Å². The van der Waals surface area contributed by atoms with Crippen molar-refractivity contribution >= 4 is 70.4 Å². The van der Waals surface area contributed by atoms with Gasteiger partial charge in [0.1, 0.15) is 5.75 Å². The van der Waals surface area contributed by atoms with Gasteiger partial charge in [-0.2, -0.15) is 0 Å². The maximum absolute atomic E-state index is 5.45. The molecule has 11 rings (SSSR count). The largest absolute Gasteiger partial charge is 0.497 e. The first kappa shape index (κ1) is 39.2. The summed E-state index contributed by atoms with van der Waals surface area (Å²) < 4.78 is 10.4. The molecule has 302 valence electrons. The van der Waals surface area contributed by atoms with E-state index in [-0.39, 0.29) is 0 Å². The molecule has 0 saturated carbocycles. The first-order valence-corrected chi connectivity index (χ1v) is 21.9. The van der Waals surface area contributed by atoms with Crippen molar-refractivity contribution in [3.8, 4) is 44.8 Å². The zero-order chi connectivity index (χ0) is 42.7. The number of ether oxygens (including phenoxy) is 1. The van der Waals surface area contributed by atoms with Crippen molar-refractivity contribution in [3.63, 3.8) is 0 Å². The molecule has 0 radical (unpaired) electrons. The standard InChI is InChI=1S/C55H38N2OS.C4H6/c1-58-47-31-29-46(30-32-47)57-52-13-7-5-11-48(52)50-35-41(21-33-53(50)57)39-17-25-44(26-18-39)56(43-23-15-38(16-24-43)37-9-3-2-4-10-37)45-27-19-40(20-28-45)42-22-34-55-51(36-42)49-12-6-8-14-54(49)59-55;1-3-4-2/h2-36H,1H3;3-4H,1-2H2. The highest BCUT2D eigenvalue weighted by atomic mass is 32.1. The van der Waals surface area contributed by atoms with Crippen molar-refractivity contribution in [1.82, 2.24) is 4.57 Å². The third-order valence-electron chi connectivity index (χ3n) is 11.7. The van der Waals surface area contributed by atoms with Crippen LogP contribution < -0.4 is 9.64 Å². The van der Waals surface area contributed by atoms with E-state index in [4.69, 9.17) is 4.74 Å². The van der Waals surface area contributed by atoms with Crippen LogP contribution in [-0.2, 0) is 0 Å². The Kier molecular flexibility index (Phi) is 10.7. The predicted octanol–water partition coefficient (Wildman–Crippen LogP) is 17.0. The molecule has 4 heteroatoms. The highest BCUT2D eigenvalue weighted by Gasteiger charge is 2.16. The molecule has 3 nitrogen and oxygen atoms in total. The minimum absolute atomic E-state index is 0.848. The van der Waals surface area contributed by atoms with Gasteiger partial charge in [-0.1, -0.05) is 141 Å². The number of anilines is 3. The summed E-state index contributed by atoms with van der Waals surface area (Å²) in [6.45, 7) is 6.72. The number of hydrogen-bond acceptors (Lipinski definition) is 3. The predicted molar refractivity (Wildman–Crippen MR) is 272 cm³/mol. The number of rotatable bonds is 9. The van der Waals surface area contributed by atoms with Crippen molar-refractivity contribution in [2.45, 2.75) is 0 Å². The van der Waals surface area contributed by atoms with Gasteiger partial charge in [-0.25, -0.2) is 0 Å². The molecule has 0 saturated heterocycles. The van der Waals surface area contributed by atoms with E-state index in [1.807, 2.05) is 23.5 Å². The molecule has 0 amide bonds. The van der Waals surface area contributed by atoms with Gasteiger partial charge in [0.15, 0.2) is 0 Å². The van der Waals surface area contributed by atoms with Crippen LogP contribution in [0.5, 0.6) is 5.75 Å². The van der Waals surface area contributed by atoms with Crippen LogP contribution in [0.3, 0.4) is 0 Å². The lowest BCUT2D eigenvalue weighted by molar-refractivity contribution is 0.415. The van der Waals surface area contributed by atoms with Crippen LogP contribution in [0.1, 0.15) is 0 Å². The highest BCUT2D eigenvalue weighted by molar-refractivity contribution is 7.25. The summed E-state index contributed by atoms with van der Waals surface area (Å²) in [6.07, 6.45) is 3.28. The molecule has 0 unspecified atom stereocenters. The van der Waals surface area contributed by atoms with Crippen molar-refractivity contribution in [1.29, 1.82) is 0 Å². The van der Waals surface area contributed by atoms with Crippen LogP contribution in [0, 0.1) is 0 Å². The van der Waals surface area contributed by atoms with Gasteiger partial charge in [-0.05, 0) is 130 Å². The van der Waals surface area contributed by atoms with Crippen LogP contribution in [-0.4, -0.2) is 11.7 Å². The quantitative estimate of drug-likeness (QED) is 0.135. The topological polar surface area (TPSA) is 17.4 Å². The molecule has 0 atom stereocenters. The average Bonchev–Trinajstić information content (AvgIpc) is 3.90. The van der Waals surface area contributed by atoms with Crippen LogP contribution in [0.4, 0.5) is 17.1 Å². The van der Waals surface area contributed by atoms with Crippen molar-refractivity contribution in [3.05, 3.63) is 238 Å². The van der Waals surface area contributed by atoms with Gasteiger partial charge in [-0.3, -0.25) is 0 Å². The van der Waals surface area contributed by atoms with Gasteiger partial charge in [0.05, 0.1) is 18.1 Å². The molecule has 2 heterocycles. The minimum atomic E-state index is 0.848. The number of thiophene rings is 1. The van der Waals surface area contributed by atoms with E-state index >= 15 is 0 Å². The fourth-order valence-electron chi connectivity index (χ4n) is 8.55. The van der Waals surface area contributed by atoms with Gasteiger partial charge in [0.25, 0.3) is 0 Å². The second-order valence-corrected chi connectivity index (χ2v) is 16.5. The SMILES string of the molecule is C=CC=C.COc1ccc(-n2c3ccccc3c3cc(-c4ccc(N(c5ccc(-c6ccccc6)cc5)c5ccc(-c6ccc7sc8ccccc8c7c6)cc5)cc4)ccc32)cc1. The molecule has 0 fully saturated rings. The lowest BCUT2D eigenvalue weighted by Gasteiger charge is -2.26. The van der Waals surface area contributed by atoms with E-state index < -0.39 is 0 Å². The molecular weight excluding hydrogens is 785 g/mol. The Morgan fingerprint density at radius 1 is 0.413 bits per heavy atom. The first-order chi connectivity index (χ1) is 31.1. The van der Waals surface area contributed by atoms with Crippen LogP contribution in [0.15, 0.2) is 238 Å². The lowest BCUT2D eigenvalue weighted by Crippen LogP contribution is -2.09. The first-order valence-electron chi connectivity index (χ1n) is 21.1. The maximum atomic E-state index is 5.45. The number of hydrogen-bond donors (Lipinski definition) is 0. The van der Waals surface area contributed by atoms with E-state index in [9.17, 15) is 0 Å². The average molecular weight is 829 g/mol. The van der Waals surface area contributed by atoms with Gasteiger partial charge in [-0.15, -0.1) is 11.3 Å². The second kappa shape index (κ2) is 17.2. The number of nitrogens with zero attached hydrogens (tertiary/aromatic N) is 2. The zero-order valence-electron chi connectivity index (χ0n) is 35.0. The molecule has 63 heavy (non-hydrogen) atoms. The molecule has 0 aliphatic carbocycles. The third-order valence-corrected chi connectivity index (χ3v) is 12.8. The lowest BCUT2D eigenvalue weighted by atomic mass is 10.0. The van der Waals surface area contributed by atoms with E-state index in [1.54, 1.807) is 19.3 Å². The fourth-order valence-corrected chi connectivity index (χ4v) is 9.64. The summed E-state index contributed by atoms with van der Waals surface area (Å²) in [5, 5.41) is 5.09. The summed E-state index contributed by atoms with van der Waals surface area (Å²) in [5.74, 6) is 0.848. The summed E-state index contributed by atoms with van der Waals surface area (Å²) in [6, 6.07) is 76.8. The molecule has 9 aromatic carbocycles. The van der Waals surface area contributed by atoms with Crippen molar-refractivity contribution in [2.24, 2.45) is 0 Å². The zero-order valence-corrected chi connectivity index (χ0v) is 35.8. The summed E-state index contributed by atoms with van der Waals surface area (Å²) in [7, 11) is 1.70. The van der Waals surface area contributed by atoms with Gasteiger partial charge < -0.3 is 14.2 Å². The van der Waals surface area contributed by atoms with E-state index in [1.165, 1.54) is 75.4 Å². The molecule has 0 aliphatic rings. The Morgan fingerprint density at radius 3 is 1.48 bits per heavy atom. The number of fused-ring (bicyclic) bond motifs is 6. The Morgan fingerprint density at radius 2 is 0.873 bits per heavy atom. The highest BCUT2D eigenvalue weighted by Crippen LogP contribution is 2.41. The van der Waals surface area contributed by atoms with Crippen LogP contribution in [0.2, 0.25) is 0 Å². The number of allylic oxidation sites excluding steroid dienone is 2. The molecule has 11 aromatic rings. The van der Waals surface area contributed by atoms with Gasteiger partial charge in [0, 0.05) is 53.7 Å².